The summed E-state index contributed by atoms with van der Waals surface area (Å²) in [5.74, 6) is 0. The van der Waals surface area contributed by atoms with E-state index in [0.29, 0.717) is 0 Å². The summed E-state index contributed by atoms with van der Waals surface area (Å²) >= 11 is 0. The molecular weight excluding hydrogens is 1440 g/mol. The van der Waals surface area contributed by atoms with Crippen LogP contribution in [0.1, 0.15) is 162 Å². The Hall–Kier alpha value is -3.26. The molecule has 0 amide bonds. The molecule has 544 valence electrons. The van der Waals surface area contributed by atoms with Gasteiger partial charge in [0.25, 0.3) is 0 Å². The standard InChI is InChI=1S/4C14H24N4.2F6P.4Fe.2H2O/c4*1-11-12(2)16-8-6-10-18-14(4)13(3)17-9-5-7-15-11;2*1-7(2,3,4,5)6;;;;;;/h4*5-10H2,1-4H3;;;;;;;2*1H2/q;;;;2*-1;;;;;;/p-2. The Morgan fingerprint density at radius 1 is 0.163 bits per heavy atom. The fraction of sp³-hybridized carbons (Fsp3) is 0.714. The largest absolute Gasteiger partial charge is 0.870 e. The first-order valence-corrected chi connectivity index (χ1v) is 32.7. The molecule has 0 spiro atoms. The second-order valence-electron chi connectivity index (χ2n) is 20.2. The maximum absolute atomic E-state index is 10.7. The van der Waals surface area contributed by atoms with Gasteiger partial charge in [-0.2, -0.15) is 0 Å². The minimum Gasteiger partial charge on any atom is -0.870 e. The third-order valence-electron chi connectivity index (χ3n) is 12.3. The molecule has 0 unspecified atom stereocenters. The van der Waals surface area contributed by atoms with E-state index in [0.717, 1.165) is 247 Å². The molecule has 0 aliphatic carbocycles. The topological polar surface area (TPSA) is 258 Å². The molecule has 0 bridgehead atoms. The van der Waals surface area contributed by atoms with Gasteiger partial charge in [-0.3, -0.25) is 79.9 Å². The summed E-state index contributed by atoms with van der Waals surface area (Å²) in [6.07, 6.45) is 7.85. The van der Waals surface area contributed by atoms with E-state index in [2.05, 4.69) is 79.9 Å². The summed E-state index contributed by atoms with van der Waals surface area (Å²) in [4.78, 5) is 72.4. The molecule has 18 nitrogen and oxygen atoms in total. The van der Waals surface area contributed by atoms with E-state index >= 15 is 0 Å². The van der Waals surface area contributed by atoms with Crippen molar-refractivity contribution < 1.29 is 130 Å². The molecule has 92 heavy (non-hydrogen) atoms. The first kappa shape index (κ1) is 105. The van der Waals surface area contributed by atoms with E-state index in [-0.39, 0.29) is 79.2 Å². The quantitative estimate of drug-likeness (QED) is 0.130. The molecule has 36 heteroatoms. The van der Waals surface area contributed by atoms with Crippen molar-refractivity contribution >= 4 is 107 Å². The van der Waals surface area contributed by atoms with Crippen molar-refractivity contribution in [3.63, 3.8) is 0 Å². The van der Waals surface area contributed by atoms with Crippen LogP contribution in [0.15, 0.2) is 79.9 Å². The van der Waals surface area contributed by atoms with E-state index in [1.807, 2.05) is 111 Å². The first-order chi connectivity index (χ1) is 39.3. The summed E-state index contributed by atoms with van der Waals surface area (Å²) in [7, 11) is -21.3. The average molecular weight is 1540 g/mol. The first-order valence-electron chi connectivity index (χ1n) is 28.7. The zero-order valence-corrected chi connectivity index (χ0v) is 62.1. The molecule has 2 N–H and O–H groups in total. The van der Waals surface area contributed by atoms with Gasteiger partial charge in [0.15, 0.2) is 0 Å². The van der Waals surface area contributed by atoms with Crippen LogP contribution in [0.3, 0.4) is 0 Å². The molecule has 0 aromatic heterocycles. The fourth-order valence-electron chi connectivity index (χ4n) is 6.34. The summed E-state index contributed by atoms with van der Waals surface area (Å²) < 4.78 is 118. The molecule has 4 aliphatic rings. The molecule has 0 aromatic rings. The van der Waals surface area contributed by atoms with Gasteiger partial charge >= 0.3 is 66.0 Å². The third-order valence-corrected chi connectivity index (χ3v) is 12.3. The molecule has 4 heterocycles. The van der Waals surface area contributed by atoms with Gasteiger partial charge in [-0.25, -0.2) is 0 Å². The Kier molecular flexibility index (Phi) is 57.1. The second-order valence-corrected chi connectivity index (χ2v) is 24.1. The predicted octanol–water partition coefficient (Wildman–Crippen LogP) is 16.9. The van der Waals surface area contributed by atoms with E-state index in [1.165, 1.54) is 0 Å². The third kappa shape index (κ3) is 74.1. The molecule has 0 atom stereocenters. The van der Waals surface area contributed by atoms with Crippen molar-refractivity contribution in [3.05, 3.63) is 0 Å². The van der Waals surface area contributed by atoms with Gasteiger partial charge in [-0.1, -0.05) is 0 Å². The van der Waals surface area contributed by atoms with Crippen molar-refractivity contribution in [2.24, 2.45) is 79.9 Å². The minimum absolute atomic E-state index is 0. The van der Waals surface area contributed by atoms with Crippen molar-refractivity contribution in [1.29, 1.82) is 0 Å². The number of rotatable bonds is 0. The molecular formula is C56H98F12Fe4N16O2P2-4. The Morgan fingerprint density at radius 3 is 0.250 bits per heavy atom. The maximum Gasteiger partial charge on any atom is 0 e. The van der Waals surface area contributed by atoms with Crippen molar-refractivity contribution in [3.8, 4) is 0 Å². The van der Waals surface area contributed by atoms with Gasteiger partial charge in [0.2, 0.25) is 0 Å². The Balaban J connectivity index is -0.000000156. The molecule has 0 radical (unpaired) electrons. The van der Waals surface area contributed by atoms with Crippen LogP contribution in [-0.2, 0) is 68.3 Å². The van der Waals surface area contributed by atoms with Crippen LogP contribution >= 0.6 is 15.6 Å². The van der Waals surface area contributed by atoms with E-state index in [1.54, 1.807) is 0 Å². The Bertz CT molecular complexity index is 2050. The maximum atomic E-state index is 9.87. The number of aliphatic imine (C=N–C) groups is 16. The van der Waals surface area contributed by atoms with Gasteiger partial charge in [0, 0.05) is 173 Å². The van der Waals surface area contributed by atoms with Crippen LogP contribution in [0.25, 0.3) is 0 Å². The molecule has 4 rings (SSSR count). The van der Waals surface area contributed by atoms with E-state index < -0.39 is 15.6 Å². The number of hydrogen-bond donors (Lipinski definition) is 0. The number of halogens is 12. The van der Waals surface area contributed by atoms with Crippen LogP contribution < -0.4 is 0 Å². The predicted molar refractivity (Wildman–Crippen MR) is 356 cm³/mol. The summed E-state index contributed by atoms with van der Waals surface area (Å²) in [5.41, 5.74) is 16.8. The molecule has 0 aromatic carbocycles. The zero-order chi connectivity index (χ0) is 66.3. The molecule has 0 fully saturated rings. The average Bonchev–Trinajstić information content (AvgIpc) is 3.39. The van der Waals surface area contributed by atoms with Gasteiger partial charge in [0.1, 0.15) is 0 Å². The van der Waals surface area contributed by atoms with E-state index in [4.69, 9.17) is 0 Å². The Morgan fingerprint density at radius 2 is 0.207 bits per heavy atom. The van der Waals surface area contributed by atoms with Crippen LogP contribution in [-0.4, -0.2) is 207 Å². The van der Waals surface area contributed by atoms with Gasteiger partial charge < -0.3 is 11.0 Å². The van der Waals surface area contributed by atoms with Crippen molar-refractivity contribution in [1.82, 2.24) is 0 Å². The molecule has 0 saturated carbocycles. The number of nitrogens with zero attached hydrogens (tertiary/aromatic N) is 16. The summed E-state index contributed by atoms with van der Waals surface area (Å²) in [6, 6.07) is 0. The van der Waals surface area contributed by atoms with Gasteiger partial charge in [0.05, 0.1) is 91.4 Å². The van der Waals surface area contributed by atoms with Crippen molar-refractivity contribution in [2.75, 3.05) is 105 Å². The summed E-state index contributed by atoms with van der Waals surface area (Å²) in [5, 5.41) is 0. The minimum atomic E-state index is -10.7. The zero-order valence-electron chi connectivity index (χ0n) is 55.9. The number of hydrogen-bond acceptors (Lipinski definition) is 18. The van der Waals surface area contributed by atoms with Crippen molar-refractivity contribution in [2.45, 2.75) is 162 Å². The Labute approximate surface area is 579 Å². The monoisotopic (exact) mass is 1540 g/mol. The van der Waals surface area contributed by atoms with Crippen LogP contribution in [0, 0.1) is 0 Å². The van der Waals surface area contributed by atoms with Gasteiger partial charge in [-0.05, 0) is 162 Å². The smallest absolute Gasteiger partial charge is 0 e. The van der Waals surface area contributed by atoms with Gasteiger partial charge in [-0.15, -0.1) is 0 Å². The fourth-order valence-corrected chi connectivity index (χ4v) is 6.34. The normalized spacial score (nSPS) is 19.3. The van der Waals surface area contributed by atoms with E-state index in [9.17, 15) is 50.4 Å². The molecule has 0 saturated heterocycles. The van der Waals surface area contributed by atoms with Crippen LogP contribution in [0.4, 0.5) is 50.4 Å². The van der Waals surface area contributed by atoms with Crippen LogP contribution in [0.2, 0.25) is 0 Å². The van der Waals surface area contributed by atoms with Crippen LogP contribution in [0.5, 0.6) is 0 Å². The second kappa shape index (κ2) is 50.1. The molecule has 4 aliphatic heterocycles. The SMILES string of the molecule is CC1=NCCCN=C(C)C(C)=NCCCN=C1C.CC1=NCCCN=C(C)C(C)=NCCCN=C1C.CC1=NCCCN=C(C)C(C)=NCCCN=C1C.CC1=NCCCN=C(C)C(C)=NCCCN=C1C.F[P-](F)(F)(F)(F)F.F[P-](F)(F)(F)(F)F.[Fe].[Fe].[Fe].[Fe].[OH-].[OH-]. The summed E-state index contributed by atoms with van der Waals surface area (Å²) in [6.45, 7) is 45.7.